The summed E-state index contributed by atoms with van der Waals surface area (Å²) in [5, 5.41) is 3.47. The van der Waals surface area contributed by atoms with Crippen molar-refractivity contribution in [1.29, 1.82) is 0 Å². The fraction of sp³-hybridized carbons (Fsp3) is 1.00. The van der Waals surface area contributed by atoms with Crippen molar-refractivity contribution in [3.63, 3.8) is 0 Å². The molecule has 1 heterocycles. The quantitative estimate of drug-likeness (QED) is 0.700. The van der Waals surface area contributed by atoms with Gasteiger partial charge in [0.2, 0.25) is 0 Å². The Morgan fingerprint density at radius 1 is 1.43 bits per heavy atom. The molecule has 82 valence electrons. The molecule has 2 atom stereocenters. The highest BCUT2D eigenvalue weighted by Gasteiger charge is 2.21. The molecular formula is C11H21NO2. The van der Waals surface area contributed by atoms with Crippen molar-refractivity contribution in [3.8, 4) is 0 Å². The lowest BCUT2D eigenvalue weighted by Gasteiger charge is -2.16. The summed E-state index contributed by atoms with van der Waals surface area (Å²) in [6, 6.07) is 0.781. The van der Waals surface area contributed by atoms with Gasteiger partial charge in [0.15, 0.2) is 0 Å². The topological polar surface area (TPSA) is 30.5 Å². The number of rotatable bonds is 6. The van der Waals surface area contributed by atoms with Crippen LogP contribution in [0.1, 0.15) is 32.6 Å². The van der Waals surface area contributed by atoms with Gasteiger partial charge < -0.3 is 14.8 Å². The molecule has 2 rings (SSSR count). The highest BCUT2D eigenvalue weighted by Crippen LogP contribution is 2.18. The third-order valence-corrected chi connectivity index (χ3v) is 2.86. The molecule has 3 nitrogen and oxygen atoms in total. The molecule has 0 aromatic carbocycles. The van der Waals surface area contributed by atoms with Crippen molar-refractivity contribution in [2.45, 2.75) is 50.9 Å². The minimum Gasteiger partial charge on any atom is -0.376 e. The van der Waals surface area contributed by atoms with Crippen LogP contribution in [0.5, 0.6) is 0 Å². The zero-order valence-electron chi connectivity index (χ0n) is 9.00. The van der Waals surface area contributed by atoms with E-state index < -0.39 is 0 Å². The van der Waals surface area contributed by atoms with Crippen LogP contribution in [0.25, 0.3) is 0 Å². The molecule has 2 fully saturated rings. The van der Waals surface area contributed by atoms with Crippen LogP contribution in [-0.2, 0) is 9.47 Å². The molecule has 2 unspecified atom stereocenters. The summed E-state index contributed by atoms with van der Waals surface area (Å²) < 4.78 is 11.2. The summed E-state index contributed by atoms with van der Waals surface area (Å²) in [6.45, 7) is 4.80. The van der Waals surface area contributed by atoms with Gasteiger partial charge in [0.25, 0.3) is 0 Å². The van der Waals surface area contributed by atoms with Gasteiger partial charge in [-0.1, -0.05) is 0 Å². The first-order valence-electron chi connectivity index (χ1n) is 5.81. The number of nitrogens with one attached hydrogen (secondary N) is 1. The molecule has 1 N–H and O–H groups in total. The molecule has 0 bridgehead atoms. The van der Waals surface area contributed by atoms with Crippen LogP contribution in [-0.4, -0.2) is 38.0 Å². The molecule has 2 aliphatic rings. The van der Waals surface area contributed by atoms with Crippen molar-refractivity contribution in [3.05, 3.63) is 0 Å². The second-order valence-corrected chi connectivity index (χ2v) is 4.46. The summed E-state index contributed by atoms with van der Waals surface area (Å²) >= 11 is 0. The minimum absolute atomic E-state index is 0.319. The minimum atomic E-state index is 0.319. The van der Waals surface area contributed by atoms with E-state index >= 15 is 0 Å². The lowest BCUT2D eigenvalue weighted by Crippen LogP contribution is -2.30. The summed E-state index contributed by atoms with van der Waals surface area (Å²) in [6.07, 6.45) is 5.74. The first-order chi connectivity index (χ1) is 6.84. The summed E-state index contributed by atoms with van der Waals surface area (Å²) in [4.78, 5) is 0. The molecule has 1 saturated heterocycles. The van der Waals surface area contributed by atoms with E-state index in [1.54, 1.807) is 0 Å². The Morgan fingerprint density at radius 2 is 2.29 bits per heavy atom. The fourth-order valence-corrected chi connectivity index (χ4v) is 1.73. The third kappa shape index (κ3) is 3.56. The Labute approximate surface area is 86.2 Å². The van der Waals surface area contributed by atoms with Gasteiger partial charge in [-0.05, 0) is 32.6 Å². The van der Waals surface area contributed by atoms with E-state index in [0.717, 1.165) is 25.8 Å². The number of ether oxygens (including phenoxy) is 2. The van der Waals surface area contributed by atoms with E-state index in [9.17, 15) is 0 Å². The van der Waals surface area contributed by atoms with E-state index in [2.05, 4.69) is 12.2 Å². The second kappa shape index (κ2) is 5.10. The number of hydrogen-bond donors (Lipinski definition) is 1. The maximum atomic E-state index is 5.72. The first-order valence-corrected chi connectivity index (χ1v) is 5.81. The zero-order valence-corrected chi connectivity index (χ0v) is 9.00. The smallest absolute Gasteiger partial charge is 0.0809 e. The lowest BCUT2D eigenvalue weighted by molar-refractivity contribution is -0.0133. The lowest BCUT2D eigenvalue weighted by atomic mass is 10.2. The van der Waals surface area contributed by atoms with Gasteiger partial charge in [-0.15, -0.1) is 0 Å². The Balaban J connectivity index is 1.50. The first kappa shape index (κ1) is 10.4. The van der Waals surface area contributed by atoms with Gasteiger partial charge in [0.1, 0.15) is 0 Å². The SMILES string of the molecule is CC(CNC1CC1)OCC1CCCO1. The summed E-state index contributed by atoms with van der Waals surface area (Å²) in [7, 11) is 0. The van der Waals surface area contributed by atoms with Crippen LogP contribution in [0.3, 0.4) is 0 Å². The molecule has 14 heavy (non-hydrogen) atoms. The van der Waals surface area contributed by atoms with Crippen molar-refractivity contribution in [2.75, 3.05) is 19.8 Å². The zero-order chi connectivity index (χ0) is 9.80. The Hall–Kier alpha value is -0.120. The fourth-order valence-electron chi connectivity index (χ4n) is 1.73. The van der Waals surface area contributed by atoms with Crippen molar-refractivity contribution in [2.24, 2.45) is 0 Å². The van der Waals surface area contributed by atoms with Crippen LogP contribution < -0.4 is 5.32 Å². The highest BCUT2D eigenvalue weighted by atomic mass is 16.5. The monoisotopic (exact) mass is 199 g/mol. The molecule has 0 aromatic rings. The predicted molar refractivity (Wildman–Crippen MR) is 55.4 cm³/mol. The van der Waals surface area contributed by atoms with Gasteiger partial charge in [-0.3, -0.25) is 0 Å². The third-order valence-electron chi connectivity index (χ3n) is 2.86. The average molecular weight is 199 g/mol. The van der Waals surface area contributed by atoms with E-state index in [-0.39, 0.29) is 0 Å². The van der Waals surface area contributed by atoms with Gasteiger partial charge in [0, 0.05) is 19.2 Å². The Bertz CT molecular complexity index is 165. The molecule has 0 radical (unpaired) electrons. The van der Waals surface area contributed by atoms with Crippen LogP contribution in [0, 0.1) is 0 Å². The molecule has 0 amide bonds. The summed E-state index contributed by atoms with van der Waals surface area (Å²) in [5.74, 6) is 0. The summed E-state index contributed by atoms with van der Waals surface area (Å²) in [5.41, 5.74) is 0. The second-order valence-electron chi connectivity index (χ2n) is 4.46. The van der Waals surface area contributed by atoms with E-state index in [1.807, 2.05) is 0 Å². The molecule has 3 heteroatoms. The van der Waals surface area contributed by atoms with Crippen LogP contribution in [0.2, 0.25) is 0 Å². The van der Waals surface area contributed by atoms with Gasteiger partial charge >= 0.3 is 0 Å². The van der Waals surface area contributed by atoms with Crippen molar-refractivity contribution >= 4 is 0 Å². The standard InChI is InChI=1S/C11H21NO2/c1-9(7-12-10-4-5-10)14-8-11-3-2-6-13-11/h9-12H,2-8H2,1H3. The maximum absolute atomic E-state index is 5.72. The van der Waals surface area contributed by atoms with E-state index in [0.29, 0.717) is 12.2 Å². The predicted octanol–water partition coefficient (Wildman–Crippen LogP) is 1.32. The highest BCUT2D eigenvalue weighted by molar-refractivity contribution is 4.81. The van der Waals surface area contributed by atoms with Crippen molar-refractivity contribution in [1.82, 2.24) is 5.32 Å². The van der Waals surface area contributed by atoms with Crippen LogP contribution in [0.4, 0.5) is 0 Å². The van der Waals surface area contributed by atoms with Gasteiger partial charge in [-0.2, -0.15) is 0 Å². The number of hydrogen-bond acceptors (Lipinski definition) is 3. The van der Waals surface area contributed by atoms with Gasteiger partial charge in [-0.25, -0.2) is 0 Å². The molecular weight excluding hydrogens is 178 g/mol. The van der Waals surface area contributed by atoms with Crippen LogP contribution >= 0.6 is 0 Å². The average Bonchev–Trinajstić information content (AvgIpc) is 2.87. The van der Waals surface area contributed by atoms with Gasteiger partial charge in [0.05, 0.1) is 18.8 Å². The molecule has 1 aliphatic heterocycles. The van der Waals surface area contributed by atoms with E-state index in [1.165, 1.54) is 25.7 Å². The molecule has 0 aromatic heterocycles. The largest absolute Gasteiger partial charge is 0.376 e. The normalized spacial score (nSPS) is 29.4. The molecule has 0 spiro atoms. The molecule has 1 saturated carbocycles. The molecule has 1 aliphatic carbocycles. The van der Waals surface area contributed by atoms with Crippen LogP contribution in [0.15, 0.2) is 0 Å². The maximum Gasteiger partial charge on any atom is 0.0809 e. The van der Waals surface area contributed by atoms with E-state index in [4.69, 9.17) is 9.47 Å². The Kier molecular flexibility index (Phi) is 3.79. The Morgan fingerprint density at radius 3 is 2.93 bits per heavy atom. The van der Waals surface area contributed by atoms with Crippen molar-refractivity contribution < 1.29 is 9.47 Å².